The predicted octanol–water partition coefficient (Wildman–Crippen LogP) is 3.98. The smallest absolute Gasteiger partial charge is 0.293 e. The molecule has 1 aliphatic rings. The fourth-order valence-electron chi connectivity index (χ4n) is 2.95. The van der Waals surface area contributed by atoms with E-state index in [1.54, 1.807) is 19.9 Å². The van der Waals surface area contributed by atoms with Crippen molar-refractivity contribution < 1.29 is 19.2 Å². The van der Waals surface area contributed by atoms with Gasteiger partial charge in [0.25, 0.3) is 5.69 Å². The van der Waals surface area contributed by atoms with Crippen LogP contribution in [0.1, 0.15) is 52.7 Å². The van der Waals surface area contributed by atoms with Gasteiger partial charge in [0.15, 0.2) is 0 Å². The Bertz CT molecular complexity index is 672. The van der Waals surface area contributed by atoms with E-state index in [9.17, 15) is 15.2 Å². The molecular formula is C18H30N2O5Si-. The molecule has 0 unspecified atom stereocenters. The maximum atomic E-state index is 11.4. The molecule has 1 saturated heterocycles. The van der Waals surface area contributed by atoms with Crippen molar-refractivity contribution >= 4 is 14.0 Å². The molecule has 1 aliphatic heterocycles. The summed E-state index contributed by atoms with van der Waals surface area (Å²) in [6.07, 6.45) is 1.33. The molecule has 0 aliphatic carbocycles. The number of hydrogen-bond donors (Lipinski definition) is 1. The van der Waals surface area contributed by atoms with Crippen LogP contribution in [-0.4, -0.2) is 41.1 Å². The molecule has 0 amide bonds. The SMILES string of the molecule is CC1(C)O[C@@H](c2ccncc2[N+](=O)[O-])C[C@H](O[Si-](C)(C)C(C)(C)C)[C@@H]1O. The van der Waals surface area contributed by atoms with E-state index in [-0.39, 0.29) is 10.7 Å². The Morgan fingerprint density at radius 2 is 2.04 bits per heavy atom. The topological polar surface area (TPSA) is 94.7 Å². The lowest BCUT2D eigenvalue weighted by Gasteiger charge is -2.55. The molecular weight excluding hydrogens is 352 g/mol. The summed E-state index contributed by atoms with van der Waals surface area (Å²) in [6.45, 7) is 14.3. The lowest BCUT2D eigenvalue weighted by molar-refractivity contribution is -0.387. The largest absolute Gasteiger partial charge is 0.560 e. The van der Waals surface area contributed by atoms with Crippen molar-refractivity contribution in [2.75, 3.05) is 0 Å². The van der Waals surface area contributed by atoms with Crippen LogP contribution >= 0.6 is 0 Å². The fraction of sp³-hybridized carbons (Fsp3) is 0.722. The van der Waals surface area contributed by atoms with Crippen LogP contribution in [0, 0.1) is 10.1 Å². The van der Waals surface area contributed by atoms with Crippen LogP contribution in [-0.2, 0) is 9.16 Å². The Labute approximate surface area is 156 Å². The van der Waals surface area contributed by atoms with E-state index in [4.69, 9.17) is 9.16 Å². The zero-order valence-electron chi connectivity index (χ0n) is 16.6. The van der Waals surface area contributed by atoms with Crippen molar-refractivity contribution in [2.45, 2.75) is 83.1 Å². The normalized spacial score (nSPS) is 26.5. The second kappa shape index (κ2) is 6.99. The minimum Gasteiger partial charge on any atom is -0.560 e. The van der Waals surface area contributed by atoms with Crippen LogP contribution in [0.25, 0.3) is 0 Å². The molecule has 7 nitrogen and oxygen atoms in total. The van der Waals surface area contributed by atoms with E-state index < -0.39 is 37.2 Å². The average molecular weight is 383 g/mol. The fourth-order valence-corrected chi connectivity index (χ4v) is 4.29. The summed E-state index contributed by atoms with van der Waals surface area (Å²) in [6, 6.07) is 1.61. The lowest BCUT2D eigenvalue weighted by atomic mass is 9.87. The molecule has 2 heterocycles. The Morgan fingerprint density at radius 3 is 2.58 bits per heavy atom. The standard InChI is InChI=1S/C18H30N2O5Si/c1-17(2,3)26(6,7)25-15-10-14(24-18(4,5)16(15)21)12-8-9-19-11-13(12)20(22)23/h8-9,11,14-16,21H,10H2,1-7H3/q-1/t14-,15+,16+/m1/s1. The molecule has 2 rings (SSSR count). The molecule has 0 saturated carbocycles. The summed E-state index contributed by atoms with van der Waals surface area (Å²) in [5.41, 5.74) is -0.489. The van der Waals surface area contributed by atoms with Gasteiger partial charge in [0.05, 0.1) is 22.2 Å². The van der Waals surface area contributed by atoms with Gasteiger partial charge in [-0.3, -0.25) is 15.1 Å². The summed E-state index contributed by atoms with van der Waals surface area (Å²) in [7, 11) is -2.12. The number of nitro groups is 1. The van der Waals surface area contributed by atoms with Crippen LogP contribution < -0.4 is 0 Å². The molecule has 0 bridgehead atoms. The third-order valence-electron chi connectivity index (χ3n) is 5.59. The monoisotopic (exact) mass is 382 g/mol. The number of pyridine rings is 1. The summed E-state index contributed by atoms with van der Waals surface area (Å²) in [5.74, 6) is 0. The number of aliphatic hydroxyl groups is 1. The first kappa shape index (κ1) is 21.0. The van der Waals surface area contributed by atoms with Crippen molar-refractivity contribution in [3.63, 3.8) is 0 Å². The lowest BCUT2D eigenvalue weighted by Crippen LogP contribution is -2.57. The van der Waals surface area contributed by atoms with Crippen molar-refractivity contribution in [3.8, 4) is 0 Å². The van der Waals surface area contributed by atoms with E-state index >= 15 is 0 Å². The number of ether oxygens (including phenoxy) is 1. The number of aliphatic hydroxyl groups excluding tert-OH is 1. The molecule has 8 heteroatoms. The predicted molar refractivity (Wildman–Crippen MR) is 101 cm³/mol. The Morgan fingerprint density at radius 1 is 1.42 bits per heavy atom. The molecule has 0 spiro atoms. The summed E-state index contributed by atoms with van der Waals surface area (Å²) >= 11 is 0. The molecule has 0 aromatic carbocycles. The first-order chi connectivity index (χ1) is 11.8. The van der Waals surface area contributed by atoms with Gasteiger partial charge >= 0.3 is 0 Å². The minimum absolute atomic E-state index is 0.00662. The van der Waals surface area contributed by atoms with Crippen molar-refractivity contribution in [3.05, 3.63) is 34.1 Å². The highest BCUT2D eigenvalue weighted by molar-refractivity contribution is 6.74. The van der Waals surface area contributed by atoms with E-state index in [1.165, 1.54) is 12.4 Å². The van der Waals surface area contributed by atoms with Gasteiger partial charge in [0.1, 0.15) is 12.3 Å². The average Bonchev–Trinajstić information content (AvgIpc) is 2.50. The minimum atomic E-state index is -2.12. The van der Waals surface area contributed by atoms with Gasteiger partial charge in [-0.05, 0) is 28.2 Å². The third kappa shape index (κ3) is 4.14. The van der Waals surface area contributed by atoms with E-state index in [0.29, 0.717) is 12.0 Å². The van der Waals surface area contributed by atoms with E-state index in [1.807, 2.05) is 0 Å². The van der Waals surface area contributed by atoms with Crippen LogP contribution in [0.5, 0.6) is 0 Å². The second-order valence-corrected chi connectivity index (χ2v) is 13.8. The Hall–Kier alpha value is -1.35. The molecule has 26 heavy (non-hydrogen) atoms. The van der Waals surface area contributed by atoms with Crippen molar-refractivity contribution in [1.29, 1.82) is 0 Å². The Kier molecular flexibility index (Phi) is 5.63. The van der Waals surface area contributed by atoms with Crippen molar-refractivity contribution in [1.82, 2.24) is 4.98 Å². The highest BCUT2D eigenvalue weighted by Crippen LogP contribution is 2.44. The van der Waals surface area contributed by atoms with Crippen LogP contribution in [0.2, 0.25) is 18.1 Å². The number of rotatable bonds is 4. The maximum absolute atomic E-state index is 11.4. The second-order valence-electron chi connectivity index (χ2n) is 9.00. The summed E-state index contributed by atoms with van der Waals surface area (Å²) in [5, 5.41) is 22.2. The molecule has 147 valence electrons. The number of hydrogen-bond acceptors (Lipinski definition) is 6. The van der Waals surface area contributed by atoms with Crippen LogP contribution in [0.4, 0.5) is 5.69 Å². The maximum Gasteiger partial charge on any atom is 0.293 e. The van der Waals surface area contributed by atoms with Gasteiger partial charge < -0.3 is 14.3 Å². The van der Waals surface area contributed by atoms with Crippen LogP contribution in [0.3, 0.4) is 0 Å². The number of nitrogens with zero attached hydrogens (tertiary/aromatic N) is 2. The highest BCUT2D eigenvalue weighted by Gasteiger charge is 2.46. The highest BCUT2D eigenvalue weighted by atomic mass is 28.4. The zero-order valence-corrected chi connectivity index (χ0v) is 17.6. The molecule has 1 aromatic heterocycles. The molecule has 1 fully saturated rings. The van der Waals surface area contributed by atoms with Gasteiger partial charge in [0, 0.05) is 18.7 Å². The first-order valence-electron chi connectivity index (χ1n) is 8.88. The molecule has 3 atom stereocenters. The van der Waals surface area contributed by atoms with Crippen molar-refractivity contribution in [2.24, 2.45) is 0 Å². The van der Waals surface area contributed by atoms with E-state index in [0.717, 1.165) is 0 Å². The quantitative estimate of drug-likeness (QED) is 0.481. The van der Waals surface area contributed by atoms with Gasteiger partial charge in [0.2, 0.25) is 0 Å². The summed E-state index contributed by atoms with van der Waals surface area (Å²) < 4.78 is 12.5. The van der Waals surface area contributed by atoms with Crippen LogP contribution in [0.15, 0.2) is 18.5 Å². The van der Waals surface area contributed by atoms with E-state index in [2.05, 4.69) is 38.8 Å². The van der Waals surface area contributed by atoms with Gasteiger partial charge in [-0.25, -0.2) is 0 Å². The molecule has 0 radical (unpaired) electrons. The molecule has 1 N–H and O–H groups in total. The van der Waals surface area contributed by atoms with Gasteiger partial charge in [-0.15, -0.1) is 18.1 Å². The Balaban J connectivity index is 2.37. The number of aromatic nitrogens is 1. The summed E-state index contributed by atoms with van der Waals surface area (Å²) in [4.78, 5) is 14.8. The zero-order chi connectivity index (χ0) is 19.9. The van der Waals surface area contributed by atoms with Gasteiger partial charge in [-0.1, -0.05) is 20.8 Å². The first-order valence-corrected chi connectivity index (χ1v) is 11.8. The third-order valence-corrected chi connectivity index (χ3v) is 10.1. The molecule has 1 aromatic rings. The van der Waals surface area contributed by atoms with Gasteiger partial charge in [-0.2, -0.15) is 0 Å².